The van der Waals surface area contributed by atoms with E-state index >= 15 is 0 Å². The van der Waals surface area contributed by atoms with E-state index in [2.05, 4.69) is 5.28 Å². The molecule has 1 fully saturated rings. The molecule has 0 aromatic rings. The van der Waals surface area contributed by atoms with Crippen molar-refractivity contribution in [3.8, 4) is 0 Å². The van der Waals surface area contributed by atoms with Crippen LogP contribution in [0.4, 0.5) is 0 Å². The molecule has 1 aliphatic heterocycles. The average molecular weight is 244 g/mol. The van der Waals surface area contributed by atoms with Crippen molar-refractivity contribution in [2.75, 3.05) is 39.3 Å². The molecule has 0 aromatic carbocycles. The van der Waals surface area contributed by atoms with Gasteiger partial charge in [0.05, 0.1) is 30.8 Å². The molecule has 9 heteroatoms. The summed E-state index contributed by atoms with van der Waals surface area (Å²) >= 11 is 0. The molecule has 8 nitrogen and oxygen atoms in total. The van der Waals surface area contributed by atoms with Crippen molar-refractivity contribution in [1.29, 1.82) is 0 Å². The van der Waals surface area contributed by atoms with Gasteiger partial charge in [-0.3, -0.25) is 4.90 Å². The molecule has 0 bridgehead atoms. The van der Waals surface area contributed by atoms with Crippen LogP contribution in [0.25, 0.3) is 0 Å². The van der Waals surface area contributed by atoms with E-state index in [4.69, 9.17) is 10.3 Å². The number of β-amino-alcohol motifs (C(OH)–C–C–N with tert-alkyl or cyclic N) is 1. The summed E-state index contributed by atoms with van der Waals surface area (Å²) in [5.74, 6) is 0. The standard InChI is InChI=1S/C7H16N4O4.Na.H/c12-6-7(13)5-9-1-3-10(4-2-9)11(15)8-14;;/h7,12-14H,1-6H2;;/q;+1;-1. The fourth-order valence-corrected chi connectivity index (χ4v) is 1.50. The first-order valence-corrected chi connectivity index (χ1v) is 4.75. The zero-order valence-corrected chi connectivity index (χ0v) is 11.4. The Morgan fingerprint density at radius 1 is 1.38 bits per heavy atom. The van der Waals surface area contributed by atoms with E-state index in [9.17, 15) is 10.3 Å². The predicted molar refractivity (Wildman–Crippen MR) is 50.1 cm³/mol. The van der Waals surface area contributed by atoms with Crippen molar-refractivity contribution in [3.63, 3.8) is 0 Å². The minimum atomic E-state index is -0.748. The van der Waals surface area contributed by atoms with Crippen molar-refractivity contribution in [3.05, 3.63) is 5.21 Å². The molecule has 0 aromatic heterocycles. The van der Waals surface area contributed by atoms with Gasteiger partial charge in [0.1, 0.15) is 0 Å². The molecule has 0 amide bonds. The maximum absolute atomic E-state index is 10.9. The molecule has 0 radical (unpaired) electrons. The Morgan fingerprint density at radius 2 is 1.94 bits per heavy atom. The number of piperazine rings is 1. The summed E-state index contributed by atoms with van der Waals surface area (Å²) in [5, 5.41) is 40.8. The summed E-state index contributed by atoms with van der Waals surface area (Å²) in [6, 6.07) is 0. The monoisotopic (exact) mass is 244 g/mol. The SMILES string of the molecule is [H-].[Na+].[O-][N+](=NO)N1CCN(CC(O)CO)CC1. The minimum absolute atomic E-state index is 0. The normalized spacial score (nSPS) is 20.4. The van der Waals surface area contributed by atoms with Crippen LogP contribution in [0, 0.1) is 5.21 Å². The first-order valence-electron chi connectivity index (χ1n) is 4.75. The van der Waals surface area contributed by atoms with Crippen LogP contribution in [-0.4, -0.2) is 75.7 Å². The van der Waals surface area contributed by atoms with Gasteiger partial charge in [0, 0.05) is 19.6 Å². The Kier molecular flexibility index (Phi) is 7.98. The van der Waals surface area contributed by atoms with Gasteiger partial charge in [-0.25, -0.2) is 0 Å². The fourth-order valence-electron chi connectivity index (χ4n) is 1.50. The zero-order chi connectivity index (χ0) is 11.3. The molecule has 90 valence electrons. The van der Waals surface area contributed by atoms with Crippen molar-refractivity contribution >= 4 is 0 Å². The van der Waals surface area contributed by atoms with Crippen LogP contribution in [0.1, 0.15) is 1.43 Å². The third kappa shape index (κ3) is 4.81. The van der Waals surface area contributed by atoms with Crippen LogP contribution in [0.2, 0.25) is 0 Å². The number of aliphatic hydroxyl groups is 2. The molecule has 1 heterocycles. The van der Waals surface area contributed by atoms with Gasteiger partial charge in [-0.2, -0.15) is 0 Å². The van der Waals surface area contributed by atoms with Crippen molar-refractivity contribution in [2.24, 2.45) is 5.28 Å². The Balaban J connectivity index is 0. The average Bonchev–Trinajstić information content (AvgIpc) is 2.29. The molecular weight excluding hydrogens is 227 g/mol. The first-order chi connectivity index (χ1) is 7.17. The second-order valence-corrected chi connectivity index (χ2v) is 3.43. The topological polar surface area (TPSA) is 106 Å². The maximum Gasteiger partial charge on any atom is 1.00 e. The number of aliphatic hydroxyl groups excluding tert-OH is 2. The number of hydrazine groups is 1. The van der Waals surface area contributed by atoms with Crippen LogP contribution in [-0.2, 0) is 0 Å². The fraction of sp³-hybridized carbons (Fsp3) is 1.00. The minimum Gasteiger partial charge on any atom is -1.00 e. The van der Waals surface area contributed by atoms with E-state index in [0.29, 0.717) is 32.7 Å². The number of nitrogens with zero attached hydrogens (tertiary/aromatic N) is 4. The molecule has 1 rings (SSSR count). The Labute approximate surface area is 117 Å². The molecule has 0 aliphatic carbocycles. The van der Waals surface area contributed by atoms with Gasteiger partial charge in [0.15, 0.2) is 0 Å². The maximum atomic E-state index is 10.9. The van der Waals surface area contributed by atoms with Crippen LogP contribution in [0.15, 0.2) is 5.28 Å². The Morgan fingerprint density at radius 3 is 2.38 bits per heavy atom. The third-order valence-electron chi connectivity index (χ3n) is 2.35. The largest absolute Gasteiger partial charge is 1.00 e. The van der Waals surface area contributed by atoms with Gasteiger partial charge in [0.2, 0.25) is 5.28 Å². The smallest absolute Gasteiger partial charge is 1.00 e. The van der Waals surface area contributed by atoms with Crippen molar-refractivity contribution in [1.82, 2.24) is 9.91 Å². The van der Waals surface area contributed by atoms with Crippen LogP contribution < -0.4 is 29.6 Å². The van der Waals surface area contributed by atoms with Crippen molar-refractivity contribution < 1.29 is 51.4 Å². The number of hydrogen-bond donors (Lipinski definition) is 3. The number of hydrogen-bond acceptors (Lipinski definition) is 5. The van der Waals surface area contributed by atoms with Gasteiger partial charge in [-0.1, -0.05) is 0 Å². The third-order valence-corrected chi connectivity index (χ3v) is 2.35. The zero-order valence-electron chi connectivity index (χ0n) is 10.4. The molecular formula is C7H17N4NaO4. The number of rotatable bonds is 4. The first kappa shape index (κ1) is 15.9. The summed E-state index contributed by atoms with van der Waals surface area (Å²) in [6.45, 7) is 2.17. The molecule has 16 heavy (non-hydrogen) atoms. The van der Waals surface area contributed by atoms with Gasteiger partial charge in [0.25, 0.3) is 0 Å². The molecule has 1 aliphatic rings. The Bertz CT molecular complexity index is 228. The second-order valence-electron chi connectivity index (χ2n) is 3.43. The molecule has 1 atom stereocenters. The van der Waals surface area contributed by atoms with E-state index in [1.807, 2.05) is 4.90 Å². The van der Waals surface area contributed by atoms with Crippen LogP contribution >= 0.6 is 0 Å². The molecule has 0 spiro atoms. The summed E-state index contributed by atoms with van der Waals surface area (Å²) in [7, 11) is 0. The predicted octanol–water partition coefficient (Wildman–Crippen LogP) is -4.66. The van der Waals surface area contributed by atoms with E-state index in [0.717, 1.165) is 0 Å². The van der Waals surface area contributed by atoms with Gasteiger partial charge in [-0.05, 0) is 0 Å². The van der Waals surface area contributed by atoms with E-state index in [1.54, 1.807) is 0 Å². The van der Waals surface area contributed by atoms with Gasteiger partial charge in [-0.15, -0.1) is 5.01 Å². The second kappa shape index (κ2) is 8.04. The summed E-state index contributed by atoms with van der Waals surface area (Å²) in [4.78, 5) is 2.09. The van der Waals surface area contributed by atoms with E-state index in [-0.39, 0.29) is 42.6 Å². The summed E-state index contributed by atoms with van der Waals surface area (Å²) in [5.41, 5.74) is 0. The van der Waals surface area contributed by atoms with Crippen LogP contribution in [0.3, 0.4) is 0 Å². The van der Waals surface area contributed by atoms with Gasteiger partial charge < -0.3 is 22.1 Å². The van der Waals surface area contributed by atoms with Crippen LogP contribution in [0.5, 0.6) is 0 Å². The van der Waals surface area contributed by atoms with Gasteiger partial charge >= 0.3 is 29.6 Å². The summed E-state index contributed by atoms with van der Waals surface area (Å²) < 4.78 is 0. The summed E-state index contributed by atoms with van der Waals surface area (Å²) in [6.07, 6.45) is -0.748. The van der Waals surface area contributed by atoms with E-state index in [1.165, 1.54) is 5.01 Å². The van der Waals surface area contributed by atoms with E-state index < -0.39 is 6.10 Å². The molecule has 1 unspecified atom stereocenters. The molecule has 3 N–H and O–H groups in total. The van der Waals surface area contributed by atoms with Crippen molar-refractivity contribution in [2.45, 2.75) is 6.10 Å². The Hall–Kier alpha value is -0.120. The molecule has 1 saturated heterocycles. The quantitative estimate of drug-likeness (QED) is 0.199. The molecule has 0 saturated carbocycles.